The molecule has 0 amide bonds. The topological polar surface area (TPSA) is 51.4 Å². The molecule has 0 aliphatic carbocycles. The van der Waals surface area contributed by atoms with Gasteiger partial charge in [-0.15, -0.1) is 0 Å². The van der Waals surface area contributed by atoms with Gasteiger partial charge in [0.05, 0.1) is 6.61 Å². The standard InChI is InChI=1S/C12H20ClN3O/c1-9(2)8-16(4-5-17-3)12-7-10(14)6-11(13)15-12/h6-7,9H,4-5,8H2,1-3H3,(H2,14,15). The van der Waals surface area contributed by atoms with Crippen LogP contribution in [0.25, 0.3) is 0 Å². The summed E-state index contributed by atoms with van der Waals surface area (Å²) in [6.07, 6.45) is 0. The summed E-state index contributed by atoms with van der Waals surface area (Å²) in [4.78, 5) is 6.43. The monoisotopic (exact) mass is 257 g/mol. The summed E-state index contributed by atoms with van der Waals surface area (Å²) in [7, 11) is 1.69. The molecule has 1 heterocycles. The zero-order chi connectivity index (χ0) is 12.8. The van der Waals surface area contributed by atoms with E-state index in [-0.39, 0.29) is 0 Å². The van der Waals surface area contributed by atoms with Crippen LogP contribution in [0.1, 0.15) is 13.8 Å². The summed E-state index contributed by atoms with van der Waals surface area (Å²) in [6, 6.07) is 3.48. The second kappa shape index (κ2) is 6.67. The maximum absolute atomic E-state index is 5.92. The molecule has 1 aromatic heterocycles. The number of nitrogens with two attached hydrogens (primary N) is 1. The van der Waals surface area contributed by atoms with Crippen LogP contribution in [0, 0.1) is 5.92 Å². The van der Waals surface area contributed by atoms with Crippen molar-refractivity contribution in [2.24, 2.45) is 5.92 Å². The lowest BCUT2D eigenvalue weighted by Gasteiger charge is -2.25. The Morgan fingerprint density at radius 3 is 2.71 bits per heavy atom. The molecule has 0 saturated heterocycles. The lowest BCUT2D eigenvalue weighted by Crippen LogP contribution is -2.31. The van der Waals surface area contributed by atoms with E-state index in [4.69, 9.17) is 22.1 Å². The molecule has 1 rings (SSSR count). The largest absolute Gasteiger partial charge is 0.399 e. The zero-order valence-electron chi connectivity index (χ0n) is 10.6. The van der Waals surface area contributed by atoms with Gasteiger partial charge in [0.2, 0.25) is 0 Å². The Morgan fingerprint density at radius 1 is 1.47 bits per heavy atom. The highest BCUT2D eigenvalue weighted by Gasteiger charge is 2.11. The molecule has 0 bridgehead atoms. The van der Waals surface area contributed by atoms with Gasteiger partial charge in [0.15, 0.2) is 0 Å². The Bertz CT molecular complexity index is 337. The minimum Gasteiger partial charge on any atom is -0.399 e. The van der Waals surface area contributed by atoms with Gasteiger partial charge in [-0.25, -0.2) is 4.98 Å². The average Bonchev–Trinajstić information content (AvgIpc) is 2.22. The van der Waals surface area contributed by atoms with E-state index in [0.717, 1.165) is 18.9 Å². The van der Waals surface area contributed by atoms with Gasteiger partial charge in [0.1, 0.15) is 11.0 Å². The molecule has 0 aromatic carbocycles. The molecule has 0 saturated carbocycles. The van der Waals surface area contributed by atoms with Gasteiger partial charge in [0.25, 0.3) is 0 Å². The summed E-state index contributed by atoms with van der Waals surface area (Å²) in [5.41, 5.74) is 6.41. The van der Waals surface area contributed by atoms with E-state index in [0.29, 0.717) is 23.4 Å². The first-order chi connectivity index (χ1) is 8.02. The van der Waals surface area contributed by atoms with Crippen LogP contribution in [0.15, 0.2) is 12.1 Å². The quantitative estimate of drug-likeness (QED) is 0.796. The molecule has 2 N–H and O–H groups in total. The van der Waals surface area contributed by atoms with Crippen molar-refractivity contribution in [3.63, 3.8) is 0 Å². The van der Waals surface area contributed by atoms with Crippen molar-refractivity contribution in [2.75, 3.05) is 37.4 Å². The fraction of sp³-hybridized carbons (Fsp3) is 0.583. The lowest BCUT2D eigenvalue weighted by atomic mass is 10.2. The number of hydrogen-bond donors (Lipinski definition) is 1. The molecule has 4 nitrogen and oxygen atoms in total. The number of hydrogen-bond acceptors (Lipinski definition) is 4. The predicted molar refractivity (Wildman–Crippen MR) is 72.6 cm³/mol. The molecule has 0 atom stereocenters. The van der Waals surface area contributed by atoms with Crippen molar-refractivity contribution < 1.29 is 4.74 Å². The first-order valence-electron chi connectivity index (χ1n) is 5.70. The van der Waals surface area contributed by atoms with E-state index in [9.17, 15) is 0 Å². The molecule has 1 aromatic rings. The first kappa shape index (κ1) is 14.1. The zero-order valence-corrected chi connectivity index (χ0v) is 11.4. The summed E-state index contributed by atoms with van der Waals surface area (Å²) in [6.45, 7) is 6.65. The minimum atomic E-state index is 0.422. The minimum absolute atomic E-state index is 0.422. The Morgan fingerprint density at radius 2 is 2.18 bits per heavy atom. The smallest absolute Gasteiger partial charge is 0.133 e. The fourth-order valence-electron chi connectivity index (χ4n) is 1.61. The van der Waals surface area contributed by atoms with Gasteiger partial charge in [-0.05, 0) is 12.0 Å². The maximum Gasteiger partial charge on any atom is 0.133 e. The number of aromatic nitrogens is 1. The van der Waals surface area contributed by atoms with Crippen LogP contribution in [0.5, 0.6) is 0 Å². The summed E-state index contributed by atoms with van der Waals surface area (Å²) >= 11 is 5.92. The van der Waals surface area contributed by atoms with Gasteiger partial charge >= 0.3 is 0 Å². The van der Waals surface area contributed by atoms with E-state index in [1.807, 2.05) is 6.07 Å². The highest BCUT2D eigenvalue weighted by Crippen LogP contribution is 2.20. The Labute approximate surface area is 108 Å². The number of anilines is 2. The van der Waals surface area contributed by atoms with Crippen LogP contribution < -0.4 is 10.6 Å². The normalized spacial score (nSPS) is 10.9. The van der Waals surface area contributed by atoms with Crippen molar-refractivity contribution in [1.29, 1.82) is 0 Å². The van der Waals surface area contributed by atoms with E-state index < -0.39 is 0 Å². The molecule has 5 heteroatoms. The third kappa shape index (κ3) is 4.79. The third-order valence-electron chi connectivity index (χ3n) is 2.28. The number of pyridine rings is 1. The number of halogens is 1. The molecule has 0 spiro atoms. The SMILES string of the molecule is COCCN(CC(C)C)c1cc(N)cc(Cl)n1. The Balaban J connectivity index is 2.86. The van der Waals surface area contributed by atoms with Crippen molar-refractivity contribution in [2.45, 2.75) is 13.8 Å². The second-order valence-corrected chi connectivity index (χ2v) is 4.80. The average molecular weight is 258 g/mol. The number of nitrogens with zero attached hydrogens (tertiary/aromatic N) is 2. The van der Waals surface area contributed by atoms with Gasteiger partial charge in [-0.3, -0.25) is 0 Å². The van der Waals surface area contributed by atoms with Crippen molar-refractivity contribution in [3.8, 4) is 0 Å². The van der Waals surface area contributed by atoms with Crippen molar-refractivity contribution in [3.05, 3.63) is 17.3 Å². The van der Waals surface area contributed by atoms with Crippen LogP contribution in [-0.2, 0) is 4.74 Å². The molecule has 96 valence electrons. The highest BCUT2D eigenvalue weighted by atomic mass is 35.5. The summed E-state index contributed by atoms with van der Waals surface area (Å²) in [5.74, 6) is 1.34. The Kier molecular flexibility index (Phi) is 5.51. The highest BCUT2D eigenvalue weighted by molar-refractivity contribution is 6.29. The van der Waals surface area contributed by atoms with E-state index >= 15 is 0 Å². The number of nitrogen functional groups attached to an aromatic ring is 1. The predicted octanol–water partition coefficient (Wildman–Crippen LogP) is 2.43. The van der Waals surface area contributed by atoms with Crippen molar-refractivity contribution in [1.82, 2.24) is 4.98 Å². The molecule has 0 unspecified atom stereocenters. The lowest BCUT2D eigenvalue weighted by molar-refractivity contribution is 0.204. The molecular weight excluding hydrogens is 238 g/mol. The van der Waals surface area contributed by atoms with Crippen LogP contribution in [0.3, 0.4) is 0 Å². The number of rotatable bonds is 6. The van der Waals surface area contributed by atoms with Gasteiger partial charge < -0.3 is 15.4 Å². The maximum atomic E-state index is 5.92. The van der Waals surface area contributed by atoms with Gasteiger partial charge in [0, 0.05) is 32.0 Å². The fourth-order valence-corrected chi connectivity index (χ4v) is 1.82. The van der Waals surface area contributed by atoms with Crippen molar-refractivity contribution >= 4 is 23.1 Å². The molecule has 0 aliphatic heterocycles. The van der Waals surface area contributed by atoms with Crippen LogP contribution >= 0.6 is 11.6 Å². The summed E-state index contributed by atoms with van der Waals surface area (Å²) in [5, 5.41) is 0.422. The third-order valence-corrected chi connectivity index (χ3v) is 2.47. The van der Waals surface area contributed by atoms with Crippen LogP contribution in [0.4, 0.5) is 11.5 Å². The molecule has 0 radical (unpaired) electrons. The van der Waals surface area contributed by atoms with E-state index in [2.05, 4.69) is 23.7 Å². The number of methoxy groups -OCH3 is 1. The van der Waals surface area contributed by atoms with Crippen LogP contribution in [0.2, 0.25) is 5.15 Å². The molecule has 17 heavy (non-hydrogen) atoms. The van der Waals surface area contributed by atoms with Gasteiger partial charge in [-0.1, -0.05) is 25.4 Å². The second-order valence-electron chi connectivity index (χ2n) is 4.41. The number of ether oxygens (including phenoxy) is 1. The van der Waals surface area contributed by atoms with Crippen LogP contribution in [-0.4, -0.2) is 31.8 Å². The van der Waals surface area contributed by atoms with E-state index in [1.54, 1.807) is 13.2 Å². The first-order valence-corrected chi connectivity index (χ1v) is 6.07. The molecule has 0 aliphatic rings. The van der Waals surface area contributed by atoms with E-state index in [1.165, 1.54) is 0 Å². The Hall–Kier alpha value is -1.00. The molecular formula is C12H20ClN3O. The molecule has 0 fully saturated rings. The van der Waals surface area contributed by atoms with Gasteiger partial charge in [-0.2, -0.15) is 0 Å². The summed E-state index contributed by atoms with van der Waals surface area (Å²) < 4.78 is 5.10.